The number of imide groups is 1. The number of ether oxygens (including phenoxy) is 1. The van der Waals surface area contributed by atoms with E-state index in [1.54, 1.807) is 24.3 Å². The molecule has 3 amide bonds. The second-order valence-corrected chi connectivity index (χ2v) is 7.15. The highest BCUT2D eigenvalue weighted by Gasteiger charge is 2.32. The first-order valence-electron chi connectivity index (χ1n) is 10.0. The molecule has 0 atom stereocenters. The van der Waals surface area contributed by atoms with Gasteiger partial charge in [0.2, 0.25) is 0 Å². The second kappa shape index (κ2) is 8.92. The van der Waals surface area contributed by atoms with Crippen molar-refractivity contribution in [1.29, 1.82) is 0 Å². The predicted molar refractivity (Wildman–Crippen MR) is 113 cm³/mol. The van der Waals surface area contributed by atoms with E-state index in [9.17, 15) is 9.59 Å². The average Bonchev–Trinajstić information content (AvgIpc) is 3.26. The lowest BCUT2D eigenvalue weighted by molar-refractivity contribution is -0.114. The largest absolute Gasteiger partial charge is 0.378 e. The summed E-state index contributed by atoms with van der Waals surface area (Å²) in [5.41, 5.74) is 3.01. The van der Waals surface area contributed by atoms with Gasteiger partial charge < -0.3 is 15.0 Å². The Morgan fingerprint density at radius 2 is 1.55 bits per heavy atom. The molecule has 0 aromatic heterocycles. The van der Waals surface area contributed by atoms with Gasteiger partial charge in [0, 0.05) is 30.0 Å². The van der Waals surface area contributed by atoms with E-state index in [0.717, 1.165) is 37.2 Å². The summed E-state index contributed by atoms with van der Waals surface area (Å²) in [7, 11) is 0. The highest BCUT2D eigenvalue weighted by atomic mass is 16.5. The molecule has 29 heavy (non-hydrogen) atoms. The molecule has 1 aliphatic heterocycles. The summed E-state index contributed by atoms with van der Waals surface area (Å²) in [6.07, 6.45) is 2.48. The summed E-state index contributed by atoms with van der Waals surface area (Å²) in [4.78, 5) is 30.2. The summed E-state index contributed by atoms with van der Waals surface area (Å²) in [5, 5.41) is 2.85. The van der Waals surface area contributed by atoms with Gasteiger partial charge in [0.05, 0.1) is 18.9 Å². The van der Waals surface area contributed by atoms with Gasteiger partial charge in [-0.2, -0.15) is 0 Å². The highest BCUT2D eigenvalue weighted by Crippen LogP contribution is 2.32. The van der Waals surface area contributed by atoms with Gasteiger partial charge in [-0.1, -0.05) is 36.4 Å². The first-order chi connectivity index (χ1) is 14.2. The van der Waals surface area contributed by atoms with Crippen molar-refractivity contribution in [2.24, 2.45) is 0 Å². The van der Waals surface area contributed by atoms with Gasteiger partial charge in [-0.25, -0.2) is 9.69 Å². The molecule has 0 bridgehead atoms. The number of carbonyl (C=O) groups excluding carboxylic acids is 2. The molecule has 1 heterocycles. The smallest absolute Gasteiger partial charge is 0.333 e. The number of rotatable bonds is 4. The van der Waals surface area contributed by atoms with Crippen LogP contribution in [0, 0.1) is 0 Å². The third-order valence-corrected chi connectivity index (χ3v) is 5.29. The van der Waals surface area contributed by atoms with E-state index in [0.29, 0.717) is 31.0 Å². The van der Waals surface area contributed by atoms with Crippen molar-refractivity contribution in [3.63, 3.8) is 0 Å². The third kappa shape index (κ3) is 4.32. The van der Waals surface area contributed by atoms with Crippen molar-refractivity contribution in [3.8, 4) is 0 Å². The fraction of sp³-hybridized carbons (Fsp3) is 0.304. The monoisotopic (exact) mass is 391 g/mol. The Morgan fingerprint density at radius 3 is 2.24 bits per heavy atom. The van der Waals surface area contributed by atoms with Crippen molar-refractivity contribution in [1.82, 2.24) is 4.90 Å². The lowest BCUT2D eigenvalue weighted by Crippen LogP contribution is -2.42. The minimum Gasteiger partial charge on any atom is -0.378 e. The van der Waals surface area contributed by atoms with Crippen LogP contribution < -0.4 is 10.2 Å². The van der Waals surface area contributed by atoms with Gasteiger partial charge in [0.25, 0.3) is 5.91 Å². The molecular formula is C23H25N3O3. The third-order valence-electron chi connectivity index (χ3n) is 5.29. The van der Waals surface area contributed by atoms with Crippen LogP contribution in [0.5, 0.6) is 0 Å². The standard InChI is InChI=1S/C23H25N3O3/c27-22(20-12-7-13-21(20)25-14-16-29-17-15-25)26(19-10-5-2-6-11-19)23(28)24-18-8-3-1-4-9-18/h1-6,8-11H,7,12-17H2,(H,24,28). The van der Waals surface area contributed by atoms with E-state index in [-0.39, 0.29) is 5.91 Å². The Morgan fingerprint density at radius 1 is 0.897 bits per heavy atom. The number of carbonyl (C=O) groups is 2. The highest BCUT2D eigenvalue weighted by molar-refractivity contribution is 6.23. The Bertz CT molecular complexity index is 890. The Balaban J connectivity index is 1.65. The Hall–Kier alpha value is -3.12. The van der Waals surface area contributed by atoms with Gasteiger partial charge in [-0.3, -0.25) is 4.79 Å². The molecule has 0 unspecified atom stereocenters. The number of para-hydroxylation sites is 2. The maximum atomic E-state index is 13.6. The summed E-state index contributed by atoms with van der Waals surface area (Å²) in [6.45, 7) is 2.91. The van der Waals surface area contributed by atoms with Crippen LogP contribution in [0.2, 0.25) is 0 Å². The minimum atomic E-state index is -0.451. The molecule has 1 aliphatic carbocycles. The minimum absolute atomic E-state index is 0.247. The van der Waals surface area contributed by atoms with Crippen LogP contribution in [-0.4, -0.2) is 43.1 Å². The zero-order chi connectivity index (χ0) is 20.1. The number of benzene rings is 2. The van der Waals surface area contributed by atoms with Crippen LogP contribution in [0.1, 0.15) is 19.3 Å². The van der Waals surface area contributed by atoms with Crippen LogP contribution in [0.4, 0.5) is 16.2 Å². The zero-order valence-electron chi connectivity index (χ0n) is 16.3. The summed E-state index contributed by atoms with van der Waals surface area (Å²) >= 11 is 0. The first-order valence-corrected chi connectivity index (χ1v) is 10.0. The number of morpholine rings is 1. The van der Waals surface area contributed by atoms with E-state index >= 15 is 0 Å². The molecule has 2 aromatic rings. The Labute approximate surface area is 170 Å². The molecule has 1 fully saturated rings. The molecular weight excluding hydrogens is 366 g/mol. The molecule has 2 aromatic carbocycles. The van der Waals surface area contributed by atoms with E-state index in [1.165, 1.54) is 4.90 Å². The van der Waals surface area contributed by atoms with E-state index in [2.05, 4.69) is 10.2 Å². The fourth-order valence-corrected chi connectivity index (χ4v) is 3.88. The molecule has 0 spiro atoms. The van der Waals surface area contributed by atoms with Crippen LogP contribution in [0.15, 0.2) is 71.9 Å². The lowest BCUT2D eigenvalue weighted by atomic mass is 10.1. The molecule has 0 saturated carbocycles. The van der Waals surface area contributed by atoms with Crippen molar-refractivity contribution in [2.75, 3.05) is 36.5 Å². The normalized spacial score (nSPS) is 16.6. The van der Waals surface area contributed by atoms with Crippen LogP contribution in [0.25, 0.3) is 0 Å². The van der Waals surface area contributed by atoms with Gasteiger partial charge in [0.15, 0.2) is 0 Å². The maximum absolute atomic E-state index is 13.6. The number of anilines is 2. The number of nitrogens with zero attached hydrogens (tertiary/aromatic N) is 2. The second-order valence-electron chi connectivity index (χ2n) is 7.15. The number of hydrogen-bond acceptors (Lipinski definition) is 4. The average molecular weight is 391 g/mol. The van der Waals surface area contributed by atoms with E-state index < -0.39 is 6.03 Å². The van der Waals surface area contributed by atoms with Gasteiger partial charge in [-0.15, -0.1) is 0 Å². The van der Waals surface area contributed by atoms with E-state index in [4.69, 9.17) is 4.74 Å². The number of urea groups is 1. The first kappa shape index (κ1) is 19.2. The van der Waals surface area contributed by atoms with Crippen LogP contribution in [0.3, 0.4) is 0 Å². The number of nitrogens with one attached hydrogen (secondary N) is 1. The Kier molecular flexibility index (Phi) is 5.91. The number of allylic oxidation sites excluding steroid dienone is 1. The molecule has 6 nitrogen and oxygen atoms in total. The predicted octanol–water partition coefficient (Wildman–Crippen LogP) is 4.02. The summed E-state index contributed by atoms with van der Waals surface area (Å²) in [5.74, 6) is -0.247. The zero-order valence-corrected chi connectivity index (χ0v) is 16.3. The van der Waals surface area contributed by atoms with Crippen molar-refractivity contribution >= 4 is 23.3 Å². The number of hydrogen-bond donors (Lipinski definition) is 1. The van der Waals surface area contributed by atoms with Crippen molar-refractivity contribution < 1.29 is 14.3 Å². The molecule has 1 N–H and O–H groups in total. The van der Waals surface area contributed by atoms with Crippen molar-refractivity contribution in [3.05, 3.63) is 71.9 Å². The van der Waals surface area contributed by atoms with Crippen LogP contribution >= 0.6 is 0 Å². The van der Waals surface area contributed by atoms with Gasteiger partial charge >= 0.3 is 6.03 Å². The maximum Gasteiger partial charge on any atom is 0.333 e. The topological polar surface area (TPSA) is 61.9 Å². The lowest BCUT2D eigenvalue weighted by Gasteiger charge is -2.31. The quantitative estimate of drug-likeness (QED) is 0.855. The fourth-order valence-electron chi connectivity index (χ4n) is 3.88. The van der Waals surface area contributed by atoms with Crippen molar-refractivity contribution in [2.45, 2.75) is 19.3 Å². The van der Waals surface area contributed by atoms with Crippen LogP contribution in [-0.2, 0) is 9.53 Å². The molecule has 150 valence electrons. The molecule has 0 radical (unpaired) electrons. The van der Waals surface area contributed by atoms with Gasteiger partial charge in [0.1, 0.15) is 0 Å². The van der Waals surface area contributed by atoms with Gasteiger partial charge in [-0.05, 0) is 43.5 Å². The number of amides is 3. The molecule has 2 aliphatic rings. The molecule has 4 rings (SSSR count). The molecule has 6 heteroatoms. The van der Waals surface area contributed by atoms with E-state index in [1.807, 2.05) is 36.4 Å². The summed E-state index contributed by atoms with van der Waals surface area (Å²) < 4.78 is 5.45. The SMILES string of the molecule is O=C(Nc1ccccc1)N(C(=O)C1=C(N2CCOCC2)CCC1)c1ccccc1. The molecule has 1 saturated heterocycles. The summed E-state index contributed by atoms with van der Waals surface area (Å²) in [6, 6.07) is 17.8.